The first-order chi connectivity index (χ1) is 13.1. The van der Waals surface area contributed by atoms with Crippen molar-refractivity contribution in [1.29, 1.82) is 0 Å². The van der Waals surface area contributed by atoms with E-state index in [1.54, 1.807) is 12.4 Å². The van der Waals surface area contributed by atoms with Crippen LogP contribution in [0.25, 0.3) is 22.8 Å². The van der Waals surface area contributed by atoms with Gasteiger partial charge >= 0.3 is 0 Å². The standard InChI is InChI=1S/C17H12ClFN6OS/c1-25-15(10-4-6-20-7-5-10)22-23-17(25)27-9-14-21-16(26-24-14)12-8-11(18)2-3-13(12)19/h2-8H,9H2,1H3. The Balaban J connectivity index is 1.50. The summed E-state index contributed by atoms with van der Waals surface area (Å²) in [5.74, 6) is 1.16. The normalized spacial score (nSPS) is 11.1. The van der Waals surface area contributed by atoms with Crippen LogP contribution in [0.5, 0.6) is 0 Å². The number of hydrogen-bond acceptors (Lipinski definition) is 7. The van der Waals surface area contributed by atoms with Gasteiger partial charge in [0, 0.05) is 30.0 Å². The molecule has 0 unspecified atom stereocenters. The van der Waals surface area contributed by atoms with Crippen LogP contribution >= 0.6 is 23.4 Å². The van der Waals surface area contributed by atoms with Crippen molar-refractivity contribution >= 4 is 23.4 Å². The maximum Gasteiger partial charge on any atom is 0.260 e. The molecule has 0 atom stereocenters. The minimum absolute atomic E-state index is 0.0843. The molecule has 27 heavy (non-hydrogen) atoms. The summed E-state index contributed by atoms with van der Waals surface area (Å²) in [5, 5.41) is 13.4. The molecule has 1 aromatic carbocycles. The Hall–Kier alpha value is -2.78. The summed E-state index contributed by atoms with van der Waals surface area (Å²) in [5.41, 5.74) is 1.09. The molecule has 0 spiro atoms. The smallest absolute Gasteiger partial charge is 0.260 e. The molecule has 7 nitrogen and oxygen atoms in total. The van der Waals surface area contributed by atoms with E-state index >= 15 is 0 Å². The van der Waals surface area contributed by atoms with Gasteiger partial charge in [0.15, 0.2) is 16.8 Å². The number of hydrogen-bond donors (Lipinski definition) is 0. The van der Waals surface area contributed by atoms with Gasteiger partial charge in [-0.25, -0.2) is 4.39 Å². The van der Waals surface area contributed by atoms with Crippen LogP contribution in [0.1, 0.15) is 5.82 Å². The predicted molar refractivity (Wildman–Crippen MR) is 98.5 cm³/mol. The van der Waals surface area contributed by atoms with Crippen LogP contribution < -0.4 is 0 Å². The zero-order valence-electron chi connectivity index (χ0n) is 14.0. The van der Waals surface area contributed by atoms with Crippen LogP contribution in [-0.2, 0) is 12.8 Å². The first kappa shape index (κ1) is 17.6. The highest BCUT2D eigenvalue weighted by Crippen LogP contribution is 2.27. The fourth-order valence-corrected chi connectivity index (χ4v) is 3.33. The lowest BCUT2D eigenvalue weighted by molar-refractivity contribution is 0.422. The van der Waals surface area contributed by atoms with Gasteiger partial charge in [-0.15, -0.1) is 10.2 Å². The first-order valence-electron chi connectivity index (χ1n) is 7.82. The summed E-state index contributed by atoms with van der Waals surface area (Å²) < 4.78 is 20.9. The van der Waals surface area contributed by atoms with Crippen LogP contribution in [0.4, 0.5) is 4.39 Å². The molecule has 0 saturated heterocycles. The van der Waals surface area contributed by atoms with Crippen LogP contribution in [0.2, 0.25) is 5.02 Å². The van der Waals surface area contributed by atoms with Crippen LogP contribution in [0.15, 0.2) is 52.4 Å². The number of halogens is 2. The Kier molecular flexibility index (Phi) is 4.87. The van der Waals surface area contributed by atoms with Gasteiger partial charge in [0.25, 0.3) is 5.89 Å². The maximum atomic E-state index is 13.9. The molecule has 3 heterocycles. The molecule has 0 N–H and O–H groups in total. The van der Waals surface area contributed by atoms with Gasteiger partial charge in [0.1, 0.15) is 5.82 Å². The Morgan fingerprint density at radius 3 is 2.81 bits per heavy atom. The molecule has 4 rings (SSSR count). The number of thioether (sulfide) groups is 1. The van der Waals surface area contributed by atoms with Crippen LogP contribution in [0.3, 0.4) is 0 Å². The average molecular weight is 403 g/mol. The number of aromatic nitrogens is 6. The first-order valence-corrected chi connectivity index (χ1v) is 9.19. The van der Waals surface area contributed by atoms with Crippen molar-refractivity contribution in [2.45, 2.75) is 10.9 Å². The van der Waals surface area contributed by atoms with E-state index < -0.39 is 5.82 Å². The van der Waals surface area contributed by atoms with Gasteiger partial charge in [0.05, 0.1) is 11.3 Å². The molecular weight excluding hydrogens is 391 g/mol. The minimum Gasteiger partial charge on any atom is -0.334 e. The molecule has 136 valence electrons. The van der Waals surface area contributed by atoms with E-state index in [4.69, 9.17) is 16.1 Å². The minimum atomic E-state index is -0.474. The molecule has 3 aromatic heterocycles. The second-order valence-corrected chi connectivity index (χ2v) is 6.91. The zero-order valence-corrected chi connectivity index (χ0v) is 15.6. The van der Waals surface area contributed by atoms with Crippen molar-refractivity contribution in [3.63, 3.8) is 0 Å². The summed E-state index contributed by atoms with van der Waals surface area (Å²) in [4.78, 5) is 8.23. The van der Waals surface area contributed by atoms with Crippen molar-refractivity contribution in [3.8, 4) is 22.8 Å². The van der Waals surface area contributed by atoms with Gasteiger partial charge in [-0.2, -0.15) is 4.98 Å². The van der Waals surface area contributed by atoms with E-state index in [1.165, 1.54) is 30.0 Å². The molecule has 10 heteroatoms. The van der Waals surface area contributed by atoms with Gasteiger partial charge in [-0.1, -0.05) is 28.5 Å². The lowest BCUT2D eigenvalue weighted by atomic mass is 10.2. The molecule has 0 aliphatic rings. The largest absolute Gasteiger partial charge is 0.334 e. The highest BCUT2D eigenvalue weighted by Gasteiger charge is 2.16. The molecule has 0 aliphatic carbocycles. The number of pyridine rings is 1. The van der Waals surface area contributed by atoms with Gasteiger partial charge in [0.2, 0.25) is 0 Å². The second kappa shape index (κ2) is 7.45. The molecule has 0 fully saturated rings. The summed E-state index contributed by atoms with van der Waals surface area (Å²) in [6, 6.07) is 7.90. The third kappa shape index (κ3) is 3.69. The second-order valence-electron chi connectivity index (χ2n) is 5.53. The Morgan fingerprint density at radius 1 is 1.19 bits per heavy atom. The molecular formula is C17H12ClFN6OS. The Labute approximate surface area is 162 Å². The van der Waals surface area contributed by atoms with Crippen LogP contribution in [-0.4, -0.2) is 29.9 Å². The van der Waals surface area contributed by atoms with Crippen molar-refractivity contribution in [2.75, 3.05) is 0 Å². The van der Waals surface area contributed by atoms with Crippen molar-refractivity contribution < 1.29 is 8.91 Å². The summed E-state index contributed by atoms with van der Waals surface area (Å²) >= 11 is 7.30. The number of benzene rings is 1. The Bertz CT molecular complexity index is 1080. The highest BCUT2D eigenvalue weighted by molar-refractivity contribution is 7.98. The fourth-order valence-electron chi connectivity index (χ4n) is 2.41. The third-order valence-electron chi connectivity index (χ3n) is 3.73. The summed E-state index contributed by atoms with van der Waals surface area (Å²) in [7, 11) is 1.88. The van der Waals surface area contributed by atoms with Gasteiger partial charge < -0.3 is 9.09 Å². The third-order valence-corrected chi connectivity index (χ3v) is 4.98. The lowest BCUT2D eigenvalue weighted by Gasteiger charge is -2.02. The Morgan fingerprint density at radius 2 is 2.00 bits per heavy atom. The van der Waals surface area contributed by atoms with E-state index in [0.29, 0.717) is 21.8 Å². The molecule has 0 aliphatic heterocycles. The SMILES string of the molecule is Cn1c(SCc2noc(-c3cc(Cl)ccc3F)n2)nnc1-c1ccncc1. The molecule has 0 radical (unpaired) electrons. The number of nitrogens with zero attached hydrogens (tertiary/aromatic N) is 6. The number of rotatable bonds is 5. The fraction of sp³-hybridized carbons (Fsp3) is 0.118. The molecule has 0 bridgehead atoms. The predicted octanol–water partition coefficient (Wildman–Crippen LogP) is 4.01. The van der Waals surface area contributed by atoms with Crippen molar-refractivity contribution in [2.24, 2.45) is 7.05 Å². The van der Waals surface area contributed by atoms with E-state index in [1.807, 2.05) is 23.7 Å². The topological polar surface area (TPSA) is 82.5 Å². The highest BCUT2D eigenvalue weighted by atomic mass is 35.5. The van der Waals surface area contributed by atoms with E-state index in [0.717, 1.165) is 11.4 Å². The molecule has 0 saturated carbocycles. The van der Waals surface area contributed by atoms with Gasteiger partial charge in [-0.3, -0.25) is 4.98 Å². The van der Waals surface area contributed by atoms with E-state index in [-0.39, 0.29) is 11.5 Å². The summed E-state index contributed by atoms with van der Waals surface area (Å²) in [6.45, 7) is 0. The summed E-state index contributed by atoms with van der Waals surface area (Å²) in [6.07, 6.45) is 3.40. The van der Waals surface area contributed by atoms with Crippen LogP contribution in [0, 0.1) is 5.82 Å². The van der Waals surface area contributed by atoms with Crippen molar-refractivity contribution in [1.82, 2.24) is 29.9 Å². The molecule has 0 amide bonds. The quantitative estimate of drug-likeness (QED) is 0.466. The lowest BCUT2D eigenvalue weighted by Crippen LogP contribution is -1.95. The average Bonchev–Trinajstić information content (AvgIpc) is 3.29. The van der Waals surface area contributed by atoms with Gasteiger partial charge in [-0.05, 0) is 30.3 Å². The zero-order chi connectivity index (χ0) is 18.8. The monoisotopic (exact) mass is 402 g/mol. The van der Waals surface area contributed by atoms with Crippen molar-refractivity contribution in [3.05, 3.63) is 59.4 Å². The molecule has 4 aromatic rings. The van der Waals surface area contributed by atoms with E-state index in [9.17, 15) is 4.39 Å². The maximum absolute atomic E-state index is 13.9. The van der Waals surface area contributed by atoms with E-state index in [2.05, 4.69) is 25.3 Å².